The van der Waals surface area contributed by atoms with Crippen LogP contribution in [0, 0.1) is 12.4 Å². The van der Waals surface area contributed by atoms with Gasteiger partial charge in [0.15, 0.2) is 5.69 Å². The molecule has 23 heavy (non-hydrogen) atoms. The quantitative estimate of drug-likeness (QED) is 0.689. The lowest BCUT2D eigenvalue weighted by Crippen LogP contribution is -2.19. The van der Waals surface area contributed by atoms with E-state index in [9.17, 15) is 9.50 Å². The summed E-state index contributed by atoms with van der Waals surface area (Å²) in [5.74, 6) is -0.529. The highest BCUT2D eigenvalue weighted by Crippen LogP contribution is 2.34. The van der Waals surface area contributed by atoms with Crippen molar-refractivity contribution < 1.29 is 9.50 Å². The molecule has 0 fully saturated rings. The second-order valence-electron chi connectivity index (χ2n) is 5.96. The van der Waals surface area contributed by atoms with E-state index in [-0.39, 0.29) is 5.56 Å². The number of hydrogen-bond acceptors (Lipinski definition) is 2. The van der Waals surface area contributed by atoms with Gasteiger partial charge in [-0.3, -0.25) is 4.98 Å². The Kier molecular flexibility index (Phi) is 3.59. The first-order valence-electron chi connectivity index (χ1n) is 7.18. The van der Waals surface area contributed by atoms with Gasteiger partial charge in [0.2, 0.25) is 0 Å². The number of halogens is 1. The van der Waals surface area contributed by atoms with Crippen molar-refractivity contribution >= 4 is 16.5 Å². The minimum atomic E-state index is -1.31. The SMILES string of the molecule is [C-]#[N+]c1ccc2cc(-c3cncc(F)c3C(C)(C)O)ccc2c1. The zero-order chi connectivity index (χ0) is 16.6. The molecule has 0 saturated carbocycles. The second-order valence-corrected chi connectivity index (χ2v) is 5.96. The first kappa shape index (κ1) is 15.1. The van der Waals surface area contributed by atoms with Gasteiger partial charge in [0.1, 0.15) is 5.82 Å². The Morgan fingerprint density at radius 1 is 1.09 bits per heavy atom. The van der Waals surface area contributed by atoms with Gasteiger partial charge in [0, 0.05) is 17.3 Å². The molecule has 3 aromatic rings. The second kappa shape index (κ2) is 5.45. The molecule has 0 aliphatic rings. The maximum Gasteiger partial charge on any atom is 0.187 e. The molecule has 0 bridgehead atoms. The van der Waals surface area contributed by atoms with E-state index in [4.69, 9.17) is 6.57 Å². The summed E-state index contributed by atoms with van der Waals surface area (Å²) >= 11 is 0. The van der Waals surface area contributed by atoms with E-state index in [1.165, 1.54) is 0 Å². The predicted molar refractivity (Wildman–Crippen MR) is 88.6 cm³/mol. The molecular formula is C19H15FN2O. The first-order valence-corrected chi connectivity index (χ1v) is 7.18. The van der Waals surface area contributed by atoms with Gasteiger partial charge in [0.25, 0.3) is 0 Å². The van der Waals surface area contributed by atoms with Crippen molar-refractivity contribution in [1.29, 1.82) is 0 Å². The Bertz CT molecular complexity index is 936. The summed E-state index contributed by atoms with van der Waals surface area (Å²) in [6.07, 6.45) is 2.67. The monoisotopic (exact) mass is 306 g/mol. The molecule has 0 amide bonds. The summed E-state index contributed by atoms with van der Waals surface area (Å²) in [5, 5.41) is 12.2. The van der Waals surface area contributed by atoms with Crippen molar-refractivity contribution in [3.63, 3.8) is 0 Å². The molecule has 0 radical (unpaired) electrons. The lowest BCUT2D eigenvalue weighted by molar-refractivity contribution is 0.0750. The van der Waals surface area contributed by atoms with Crippen LogP contribution >= 0.6 is 0 Å². The van der Waals surface area contributed by atoms with Crippen LogP contribution in [0.3, 0.4) is 0 Å². The van der Waals surface area contributed by atoms with Crippen molar-refractivity contribution in [2.75, 3.05) is 0 Å². The smallest absolute Gasteiger partial charge is 0.187 e. The Labute approximate surface area is 133 Å². The molecule has 0 aliphatic carbocycles. The molecule has 114 valence electrons. The molecule has 1 heterocycles. The lowest BCUT2D eigenvalue weighted by Gasteiger charge is -2.22. The lowest BCUT2D eigenvalue weighted by atomic mass is 9.90. The number of nitrogens with zero attached hydrogens (tertiary/aromatic N) is 2. The molecule has 0 aliphatic heterocycles. The van der Waals surface area contributed by atoms with E-state index in [1.807, 2.05) is 30.3 Å². The summed E-state index contributed by atoms with van der Waals surface area (Å²) in [7, 11) is 0. The largest absolute Gasteiger partial charge is 0.386 e. The minimum absolute atomic E-state index is 0.227. The molecule has 2 aromatic carbocycles. The third-order valence-electron chi connectivity index (χ3n) is 3.78. The Hall–Kier alpha value is -2.77. The third kappa shape index (κ3) is 2.79. The van der Waals surface area contributed by atoms with Gasteiger partial charge < -0.3 is 5.11 Å². The third-order valence-corrected chi connectivity index (χ3v) is 3.78. The summed E-state index contributed by atoms with van der Waals surface area (Å²) in [6, 6.07) is 11.1. The van der Waals surface area contributed by atoms with Gasteiger partial charge in [-0.25, -0.2) is 9.24 Å². The normalized spacial score (nSPS) is 11.4. The fourth-order valence-corrected chi connectivity index (χ4v) is 2.75. The van der Waals surface area contributed by atoms with Crippen LogP contribution in [0.5, 0.6) is 0 Å². The topological polar surface area (TPSA) is 37.5 Å². The van der Waals surface area contributed by atoms with Crippen LogP contribution in [-0.2, 0) is 5.60 Å². The van der Waals surface area contributed by atoms with Crippen molar-refractivity contribution in [3.8, 4) is 11.1 Å². The van der Waals surface area contributed by atoms with Gasteiger partial charge in [-0.2, -0.15) is 0 Å². The molecule has 0 atom stereocenters. The van der Waals surface area contributed by atoms with E-state index in [0.717, 1.165) is 22.5 Å². The van der Waals surface area contributed by atoms with E-state index in [1.54, 1.807) is 26.1 Å². The van der Waals surface area contributed by atoms with Gasteiger partial charge in [0.05, 0.1) is 18.4 Å². The Morgan fingerprint density at radius 2 is 1.78 bits per heavy atom. The van der Waals surface area contributed by atoms with E-state index < -0.39 is 11.4 Å². The summed E-state index contributed by atoms with van der Waals surface area (Å²) in [5.41, 5.74) is 0.830. The number of benzene rings is 2. The molecule has 1 N–H and O–H groups in total. The number of fused-ring (bicyclic) bond motifs is 1. The zero-order valence-corrected chi connectivity index (χ0v) is 12.8. The number of aromatic nitrogens is 1. The summed E-state index contributed by atoms with van der Waals surface area (Å²) in [6.45, 7) is 10.2. The summed E-state index contributed by atoms with van der Waals surface area (Å²) in [4.78, 5) is 7.33. The van der Waals surface area contributed by atoms with Gasteiger partial charge in [-0.1, -0.05) is 24.3 Å². The highest BCUT2D eigenvalue weighted by atomic mass is 19.1. The van der Waals surface area contributed by atoms with Crippen LogP contribution in [0.2, 0.25) is 0 Å². The fourth-order valence-electron chi connectivity index (χ4n) is 2.75. The average Bonchev–Trinajstić information content (AvgIpc) is 2.52. The van der Waals surface area contributed by atoms with E-state index in [0.29, 0.717) is 11.3 Å². The molecule has 3 rings (SSSR count). The van der Waals surface area contributed by atoms with Crippen LogP contribution < -0.4 is 0 Å². The van der Waals surface area contributed by atoms with Crippen LogP contribution in [0.15, 0.2) is 48.8 Å². The van der Waals surface area contributed by atoms with Gasteiger partial charge in [-0.15, -0.1) is 0 Å². The molecule has 0 saturated heterocycles. The predicted octanol–water partition coefficient (Wildman–Crippen LogP) is 4.82. The number of hydrogen-bond donors (Lipinski definition) is 1. The fraction of sp³-hybridized carbons (Fsp3) is 0.158. The van der Waals surface area contributed by atoms with E-state index in [2.05, 4.69) is 9.83 Å². The summed E-state index contributed by atoms with van der Waals surface area (Å²) < 4.78 is 14.2. The number of aliphatic hydroxyl groups is 1. The van der Waals surface area contributed by atoms with Crippen LogP contribution in [0.4, 0.5) is 10.1 Å². The van der Waals surface area contributed by atoms with Crippen molar-refractivity contribution in [3.05, 3.63) is 71.6 Å². The van der Waals surface area contributed by atoms with Crippen molar-refractivity contribution in [2.45, 2.75) is 19.4 Å². The highest BCUT2D eigenvalue weighted by molar-refractivity contribution is 5.90. The van der Waals surface area contributed by atoms with Crippen LogP contribution in [-0.4, -0.2) is 10.1 Å². The number of rotatable bonds is 2. The van der Waals surface area contributed by atoms with Crippen LogP contribution in [0.25, 0.3) is 26.7 Å². The standard InChI is InChI=1S/C19H15FN2O/c1-19(2,23)18-16(10-22-11-17(18)20)14-5-4-13-9-15(21-3)7-6-12(13)8-14/h4-11,23H,1-2H3. The number of pyridine rings is 1. The molecule has 3 nitrogen and oxygen atoms in total. The first-order chi connectivity index (χ1) is 10.9. The van der Waals surface area contributed by atoms with Crippen molar-refractivity contribution in [1.82, 2.24) is 4.98 Å². The molecule has 0 spiro atoms. The highest BCUT2D eigenvalue weighted by Gasteiger charge is 2.25. The van der Waals surface area contributed by atoms with Gasteiger partial charge >= 0.3 is 0 Å². The van der Waals surface area contributed by atoms with Crippen LogP contribution in [0.1, 0.15) is 19.4 Å². The molecular weight excluding hydrogens is 291 g/mol. The molecule has 4 heteroatoms. The maximum atomic E-state index is 14.2. The van der Waals surface area contributed by atoms with Gasteiger partial charge in [-0.05, 0) is 42.3 Å². The minimum Gasteiger partial charge on any atom is -0.386 e. The Balaban J connectivity index is 2.22. The Morgan fingerprint density at radius 3 is 2.48 bits per heavy atom. The zero-order valence-electron chi connectivity index (χ0n) is 12.8. The molecule has 0 unspecified atom stereocenters. The molecule has 1 aromatic heterocycles. The maximum absolute atomic E-state index is 14.2. The average molecular weight is 306 g/mol. The van der Waals surface area contributed by atoms with Crippen molar-refractivity contribution in [2.24, 2.45) is 0 Å². The van der Waals surface area contributed by atoms with E-state index >= 15 is 0 Å².